The number of rotatable bonds is 10. The molecule has 2 N–H and O–H groups in total. The average molecular weight is 542 g/mol. The Morgan fingerprint density at radius 2 is 2.08 bits per heavy atom. The topological polar surface area (TPSA) is 102 Å². The molecule has 38 heavy (non-hydrogen) atoms. The molecule has 1 fully saturated rings. The van der Waals surface area contributed by atoms with Crippen molar-refractivity contribution in [2.24, 2.45) is 5.92 Å². The zero-order chi connectivity index (χ0) is 27.4. The second-order valence-corrected chi connectivity index (χ2v) is 10.0. The van der Waals surface area contributed by atoms with E-state index in [-0.39, 0.29) is 5.56 Å². The fourth-order valence-electron chi connectivity index (χ4n) is 5.31. The number of aliphatic hydroxyl groups excluding tert-OH is 1. The molecule has 204 valence electrons. The van der Waals surface area contributed by atoms with Crippen molar-refractivity contribution in [2.45, 2.75) is 45.4 Å². The van der Waals surface area contributed by atoms with Crippen LogP contribution in [0.25, 0.3) is 22.2 Å². The van der Waals surface area contributed by atoms with Crippen molar-refractivity contribution in [3.63, 3.8) is 0 Å². The van der Waals surface area contributed by atoms with Gasteiger partial charge in [0.05, 0.1) is 19.2 Å². The van der Waals surface area contributed by atoms with Crippen molar-refractivity contribution in [1.82, 2.24) is 19.4 Å². The predicted molar refractivity (Wildman–Crippen MR) is 151 cm³/mol. The molecular formula is C28H36ClN5O4. The number of fused-ring (bicyclic) bond motifs is 1. The number of benzene rings is 1. The molecule has 0 saturated carbocycles. The number of aromatic nitrogens is 3. The summed E-state index contributed by atoms with van der Waals surface area (Å²) in [7, 11) is 4.85. The Morgan fingerprint density at radius 1 is 1.32 bits per heavy atom. The minimum absolute atomic E-state index is 0.189. The van der Waals surface area contributed by atoms with Gasteiger partial charge < -0.3 is 19.9 Å². The molecule has 1 aliphatic rings. The number of pyridine rings is 1. The van der Waals surface area contributed by atoms with Gasteiger partial charge in [-0.2, -0.15) is 4.98 Å². The van der Waals surface area contributed by atoms with E-state index >= 15 is 0 Å². The van der Waals surface area contributed by atoms with E-state index in [0.717, 1.165) is 49.7 Å². The summed E-state index contributed by atoms with van der Waals surface area (Å²) in [4.78, 5) is 25.1. The molecule has 0 aliphatic carbocycles. The molecular weight excluding hydrogens is 506 g/mol. The Balaban J connectivity index is 1.74. The summed E-state index contributed by atoms with van der Waals surface area (Å²) < 4.78 is 12.7. The number of methoxy groups -OCH3 is 2. The maximum Gasteiger partial charge on any atom is 0.260 e. The van der Waals surface area contributed by atoms with Crippen LogP contribution in [-0.4, -0.2) is 65.1 Å². The van der Waals surface area contributed by atoms with E-state index in [4.69, 9.17) is 21.1 Å². The van der Waals surface area contributed by atoms with Crippen LogP contribution in [0, 0.1) is 12.8 Å². The fourth-order valence-corrected chi connectivity index (χ4v) is 5.68. The van der Waals surface area contributed by atoms with Gasteiger partial charge in [0.1, 0.15) is 23.4 Å². The zero-order valence-corrected chi connectivity index (χ0v) is 23.2. The summed E-state index contributed by atoms with van der Waals surface area (Å²) in [5.41, 5.74) is 2.13. The number of nitrogens with zero attached hydrogens (tertiary/aromatic N) is 4. The third-order valence-corrected chi connectivity index (χ3v) is 7.71. The summed E-state index contributed by atoms with van der Waals surface area (Å²) in [5, 5.41) is 14.2. The maximum absolute atomic E-state index is 14.0. The number of halogens is 1. The number of hydrogen-bond acceptors (Lipinski definition) is 8. The largest absolute Gasteiger partial charge is 0.496 e. The van der Waals surface area contributed by atoms with Crippen molar-refractivity contribution >= 4 is 28.6 Å². The van der Waals surface area contributed by atoms with E-state index in [1.54, 1.807) is 43.1 Å². The maximum atomic E-state index is 14.0. The van der Waals surface area contributed by atoms with Crippen LogP contribution in [-0.2, 0) is 6.54 Å². The van der Waals surface area contributed by atoms with Crippen LogP contribution in [0.4, 0.5) is 5.95 Å². The van der Waals surface area contributed by atoms with Crippen molar-refractivity contribution in [3.8, 4) is 22.6 Å². The van der Waals surface area contributed by atoms with Crippen LogP contribution in [0.5, 0.6) is 11.5 Å². The van der Waals surface area contributed by atoms with E-state index in [1.807, 2.05) is 6.92 Å². The zero-order valence-electron chi connectivity index (χ0n) is 22.5. The highest BCUT2D eigenvalue weighted by Crippen LogP contribution is 2.42. The van der Waals surface area contributed by atoms with Gasteiger partial charge >= 0.3 is 0 Å². The quantitative estimate of drug-likeness (QED) is 0.362. The van der Waals surface area contributed by atoms with Crippen LogP contribution < -0.4 is 20.3 Å². The third-order valence-electron chi connectivity index (χ3n) is 7.33. The molecule has 2 atom stereocenters. The molecule has 3 aromatic rings. The first-order valence-electron chi connectivity index (χ1n) is 12.9. The van der Waals surface area contributed by atoms with Gasteiger partial charge in [0.15, 0.2) is 0 Å². The number of likely N-dealkylation sites (tertiary alicyclic amines) is 1. The first-order chi connectivity index (χ1) is 18.3. The Hall–Kier alpha value is -3.14. The fraction of sp³-hybridized carbons (Fsp3) is 0.464. The molecule has 0 radical (unpaired) electrons. The molecule has 0 amide bonds. The monoisotopic (exact) mass is 541 g/mol. The molecule has 3 heterocycles. The van der Waals surface area contributed by atoms with Gasteiger partial charge in [0.2, 0.25) is 5.95 Å². The van der Waals surface area contributed by atoms with Crippen LogP contribution in [0.3, 0.4) is 0 Å². The van der Waals surface area contributed by atoms with Crippen LogP contribution in [0.2, 0.25) is 5.02 Å². The molecule has 4 rings (SSSR count). The summed E-state index contributed by atoms with van der Waals surface area (Å²) in [6.07, 6.45) is 6.50. The standard InChI is InChI=1S/C28H36ClN5O4/c1-6-23(35)33-11-7-9-18(16-33)10-8-12-34-26-19(15-31-28(30-3)32-26)13-20(27(34)36)24-17(2)21(37-4)14-22(38-5)25(24)29/h6,13-15,18,23,35H,1,7-12,16H2,2-5H3,(H,30,31,32). The second kappa shape index (κ2) is 12.1. The molecule has 1 aromatic carbocycles. The molecule has 2 unspecified atom stereocenters. The van der Waals surface area contributed by atoms with Gasteiger partial charge in [-0.05, 0) is 50.7 Å². The number of anilines is 1. The number of ether oxygens (including phenoxy) is 2. The Bertz CT molecular complexity index is 1350. The van der Waals surface area contributed by atoms with Crippen molar-refractivity contribution in [1.29, 1.82) is 0 Å². The highest BCUT2D eigenvalue weighted by atomic mass is 35.5. The molecule has 0 spiro atoms. The molecule has 1 saturated heterocycles. The number of piperidine rings is 1. The Labute approximate surface area is 228 Å². The molecule has 2 aromatic heterocycles. The first-order valence-corrected chi connectivity index (χ1v) is 13.2. The van der Waals surface area contributed by atoms with Gasteiger partial charge in [-0.25, -0.2) is 4.98 Å². The van der Waals surface area contributed by atoms with Crippen molar-refractivity contribution in [3.05, 3.63) is 51.9 Å². The minimum atomic E-state index is -0.620. The summed E-state index contributed by atoms with van der Waals surface area (Å²) in [6, 6.07) is 3.51. The van der Waals surface area contributed by atoms with Crippen molar-refractivity contribution in [2.75, 3.05) is 39.7 Å². The lowest BCUT2D eigenvalue weighted by Crippen LogP contribution is -2.41. The summed E-state index contributed by atoms with van der Waals surface area (Å²) in [5.74, 6) is 1.89. The molecule has 9 nitrogen and oxygen atoms in total. The molecule has 1 aliphatic heterocycles. The number of nitrogens with one attached hydrogen (secondary N) is 1. The average Bonchev–Trinajstić information content (AvgIpc) is 2.94. The predicted octanol–water partition coefficient (Wildman–Crippen LogP) is 4.48. The Morgan fingerprint density at radius 3 is 2.76 bits per heavy atom. The number of hydrogen-bond donors (Lipinski definition) is 2. The lowest BCUT2D eigenvalue weighted by molar-refractivity contribution is 0.00987. The van der Waals surface area contributed by atoms with Gasteiger partial charge in [-0.3, -0.25) is 14.3 Å². The van der Waals surface area contributed by atoms with Crippen LogP contribution in [0.1, 0.15) is 31.2 Å². The van der Waals surface area contributed by atoms with Gasteiger partial charge in [0.25, 0.3) is 5.56 Å². The summed E-state index contributed by atoms with van der Waals surface area (Å²) >= 11 is 6.76. The lowest BCUT2D eigenvalue weighted by Gasteiger charge is -2.34. The van der Waals surface area contributed by atoms with Crippen molar-refractivity contribution < 1.29 is 14.6 Å². The lowest BCUT2D eigenvalue weighted by atomic mass is 9.93. The van der Waals surface area contributed by atoms with E-state index in [9.17, 15) is 9.90 Å². The minimum Gasteiger partial charge on any atom is -0.496 e. The molecule has 10 heteroatoms. The summed E-state index contributed by atoms with van der Waals surface area (Å²) in [6.45, 7) is 7.75. The van der Waals surface area contributed by atoms with Gasteiger partial charge in [-0.1, -0.05) is 18.2 Å². The Kier molecular flexibility index (Phi) is 8.91. The highest BCUT2D eigenvalue weighted by molar-refractivity contribution is 6.35. The van der Waals surface area contributed by atoms with E-state index in [1.165, 1.54) is 7.11 Å². The van der Waals surface area contributed by atoms with Gasteiger partial charge in [-0.15, -0.1) is 0 Å². The second-order valence-electron chi connectivity index (χ2n) is 9.63. The van der Waals surface area contributed by atoms with Crippen LogP contribution in [0.15, 0.2) is 35.8 Å². The number of aliphatic hydroxyl groups is 1. The van der Waals surface area contributed by atoms with Gasteiger partial charge in [0, 0.05) is 61.0 Å². The van der Waals surface area contributed by atoms with E-state index < -0.39 is 6.23 Å². The molecule has 0 bridgehead atoms. The normalized spacial score (nSPS) is 16.8. The first kappa shape index (κ1) is 27.9. The third kappa shape index (κ3) is 5.50. The van der Waals surface area contributed by atoms with E-state index in [2.05, 4.69) is 26.8 Å². The smallest absolute Gasteiger partial charge is 0.260 e. The number of aryl methyl sites for hydroxylation is 1. The van der Waals surface area contributed by atoms with Crippen LogP contribution >= 0.6 is 11.6 Å². The van der Waals surface area contributed by atoms with E-state index in [0.29, 0.717) is 51.7 Å². The highest BCUT2D eigenvalue weighted by Gasteiger charge is 2.24. The SMILES string of the molecule is C=CC(O)N1CCCC(CCCn2c(=O)c(-c3c(C)c(OC)cc(OC)c3Cl)cc3cnc(NC)nc32)C1.